The molecule has 1 saturated carbocycles. The van der Waals surface area contributed by atoms with E-state index in [9.17, 15) is 14.4 Å². The van der Waals surface area contributed by atoms with Crippen molar-refractivity contribution in [2.45, 2.75) is 118 Å². The van der Waals surface area contributed by atoms with Crippen LogP contribution in [0.15, 0.2) is 18.2 Å². The van der Waals surface area contributed by atoms with Gasteiger partial charge in [-0.2, -0.15) is 0 Å². The Kier molecular flexibility index (Phi) is 10.8. The van der Waals surface area contributed by atoms with E-state index in [-0.39, 0.29) is 23.8 Å². The van der Waals surface area contributed by atoms with Crippen LogP contribution in [-0.4, -0.2) is 47.0 Å². The maximum Gasteiger partial charge on any atom is 0.408 e. The molecule has 1 aromatic carbocycles. The molecule has 7 heteroatoms. The van der Waals surface area contributed by atoms with Gasteiger partial charge in [-0.3, -0.25) is 9.59 Å². The van der Waals surface area contributed by atoms with E-state index in [1.54, 1.807) is 25.7 Å². The van der Waals surface area contributed by atoms with Gasteiger partial charge in [0.2, 0.25) is 11.8 Å². The number of nitrogens with one attached hydrogen (secondary N) is 2. The lowest BCUT2D eigenvalue weighted by atomic mass is 9.87. The van der Waals surface area contributed by atoms with Crippen LogP contribution >= 0.6 is 0 Å². The van der Waals surface area contributed by atoms with Crippen molar-refractivity contribution < 1.29 is 19.1 Å². The second-order valence-corrected chi connectivity index (χ2v) is 11.5. The zero-order chi connectivity index (χ0) is 27.0. The van der Waals surface area contributed by atoms with Gasteiger partial charge in [-0.1, -0.05) is 45.4 Å². The van der Waals surface area contributed by atoms with Crippen molar-refractivity contribution in [3.8, 4) is 0 Å². The zero-order valence-corrected chi connectivity index (χ0v) is 23.6. The van der Waals surface area contributed by atoms with Crippen molar-refractivity contribution in [2.24, 2.45) is 5.92 Å². The summed E-state index contributed by atoms with van der Waals surface area (Å²) in [6, 6.07) is 4.38. The van der Waals surface area contributed by atoms with E-state index in [0.29, 0.717) is 13.0 Å². The molecule has 0 aliphatic heterocycles. The third kappa shape index (κ3) is 8.52. The van der Waals surface area contributed by atoms with E-state index >= 15 is 0 Å². The molecule has 0 radical (unpaired) electrons. The molecular formula is C29H47N3O4. The van der Waals surface area contributed by atoms with Crippen LogP contribution in [0.3, 0.4) is 0 Å². The number of ether oxygens (including phenoxy) is 1. The smallest absolute Gasteiger partial charge is 0.408 e. The average molecular weight is 502 g/mol. The first kappa shape index (κ1) is 29.7. The quantitative estimate of drug-likeness (QED) is 0.387. The van der Waals surface area contributed by atoms with Crippen molar-refractivity contribution in [3.63, 3.8) is 0 Å². The summed E-state index contributed by atoms with van der Waals surface area (Å²) in [5.41, 5.74) is 2.33. The number of aryl methyl sites for hydroxylation is 2. The number of carbonyl (C=O) groups is 3. The first-order valence-electron chi connectivity index (χ1n) is 13.5. The first-order chi connectivity index (χ1) is 16.8. The summed E-state index contributed by atoms with van der Waals surface area (Å²) < 4.78 is 5.47. The van der Waals surface area contributed by atoms with E-state index in [1.807, 2.05) is 45.9 Å². The molecule has 0 heterocycles. The first-order valence-corrected chi connectivity index (χ1v) is 13.5. The molecule has 1 aromatic rings. The predicted octanol–water partition coefficient (Wildman–Crippen LogP) is 5.58. The molecule has 1 fully saturated rings. The summed E-state index contributed by atoms with van der Waals surface area (Å²) >= 11 is 0. The Morgan fingerprint density at radius 3 is 2.28 bits per heavy atom. The molecule has 202 valence electrons. The number of alkyl carbamates (subject to hydrolysis) is 1. The summed E-state index contributed by atoms with van der Waals surface area (Å²) in [7, 11) is 0. The second-order valence-electron chi connectivity index (χ2n) is 11.5. The minimum atomic E-state index is -0.780. The SMILES string of the molecule is CCCCNC(=O)C(c1ccc(C)c(C)c1)N(C(=O)C(CC(C)C)NC(=O)OC(C)(C)C)C1CCC1. The minimum absolute atomic E-state index is 0.0452. The van der Waals surface area contributed by atoms with Crippen LogP contribution < -0.4 is 10.6 Å². The number of carbonyl (C=O) groups excluding carboxylic acids is 3. The Morgan fingerprint density at radius 2 is 1.78 bits per heavy atom. The molecular weight excluding hydrogens is 454 g/mol. The van der Waals surface area contributed by atoms with Crippen molar-refractivity contribution in [1.29, 1.82) is 0 Å². The summed E-state index contributed by atoms with van der Waals surface area (Å²) in [5.74, 6) is -0.240. The number of amides is 3. The Morgan fingerprint density at radius 1 is 1.11 bits per heavy atom. The molecule has 2 atom stereocenters. The fourth-order valence-corrected chi connectivity index (χ4v) is 4.36. The third-order valence-corrected chi connectivity index (χ3v) is 6.62. The van der Waals surface area contributed by atoms with Gasteiger partial charge in [0.05, 0.1) is 0 Å². The van der Waals surface area contributed by atoms with Crippen LogP contribution in [0.2, 0.25) is 0 Å². The number of rotatable bonds is 11. The van der Waals surface area contributed by atoms with Crippen LogP contribution in [0, 0.1) is 19.8 Å². The molecule has 7 nitrogen and oxygen atoms in total. The summed E-state index contributed by atoms with van der Waals surface area (Å²) in [4.78, 5) is 42.3. The highest BCUT2D eigenvalue weighted by Crippen LogP contribution is 2.34. The predicted molar refractivity (Wildman–Crippen MR) is 144 cm³/mol. The van der Waals surface area contributed by atoms with E-state index < -0.39 is 23.8 Å². The zero-order valence-electron chi connectivity index (χ0n) is 23.6. The van der Waals surface area contributed by atoms with Crippen molar-refractivity contribution in [3.05, 3.63) is 34.9 Å². The molecule has 2 rings (SSSR count). The Bertz CT molecular complexity index is 902. The van der Waals surface area contributed by atoms with Gasteiger partial charge in [-0.15, -0.1) is 0 Å². The molecule has 2 unspecified atom stereocenters. The second kappa shape index (κ2) is 13.1. The molecule has 0 bridgehead atoms. The van der Waals surface area contributed by atoms with Crippen LogP contribution in [0.1, 0.15) is 103 Å². The molecule has 1 aliphatic carbocycles. The van der Waals surface area contributed by atoms with Gasteiger partial charge < -0.3 is 20.3 Å². The number of unbranched alkanes of at least 4 members (excludes halogenated alkanes) is 1. The summed E-state index contributed by atoms with van der Waals surface area (Å²) in [6.07, 6.45) is 4.38. The van der Waals surface area contributed by atoms with Crippen molar-refractivity contribution in [2.75, 3.05) is 6.54 Å². The van der Waals surface area contributed by atoms with E-state index in [2.05, 4.69) is 17.6 Å². The topological polar surface area (TPSA) is 87.7 Å². The largest absolute Gasteiger partial charge is 0.444 e. The van der Waals surface area contributed by atoms with E-state index in [0.717, 1.165) is 48.8 Å². The van der Waals surface area contributed by atoms with Gasteiger partial charge in [0.1, 0.15) is 17.7 Å². The van der Waals surface area contributed by atoms with Crippen LogP contribution in [-0.2, 0) is 14.3 Å². The van der Waals surface area contributed by atoms with E-state index in [1.165, 1.54) is 0 Å². The van der Waals surface area contributed by atoms with Gasteiger partial charge in [0.25, 0.3) is 0 Å². The van der Waals surface area contributed by atoms with Gasteiger partial charge in [-0.05, 0) is 89.3 Å². The number of benzene rings is 1. The van der Waals surface area contributed by atoms with Crippen LogP contribution in [0.25, 0.3) is 0 Å². The monoisotopic (exact) mass is 501 g/mol. The fourth-order valence-electron chi connectivity index (χ4n) is 4.36. The molecule has 3 amide bonds. The van der Waals surface area contributed by atoms with Crippen LogP contribution in [0.5, 0.6) is 0 Å². The molecule has 0 saturated heterocycles. The highest BCUT2D eigenvalue weighted by atomic mass is 16.6. The lowest BCUT2D eigenvalue weighted by Crippen LogP contribution is -2.57. The minimum Gasteiger partial charge on any atom is -0.444 e. The summed E-state index contributed by atoms with van der Waals surface area (Å²) in [5, 5.41) is 5.88. The molecule has 0 aromatic heterocycles. The van der Waals surface area contributed by atoms with E-state index in [4.69, 9.17) is 4.74 Å². The lowest BCUT2D eigenvalue weighted by molar-refractivity contribution is -0.147. The Labute approximate surface area is 217 Å². The number of nitrogens with zero attached hydrogens (tertiary/aromatic N) is 1. The fraction of sp³-hybridized carbons (Fsp3) is 0.690. The van der Waals surface area contributed by atoms with Crippen molar-refractivity contribution in [1.82, 2.24) is 15.5 Å². The van der Waals surface area contributed by atoms with Crippen LogP contribution in [0.4, 0.5) is 4.79 Å². The Balaban J connectivity index is 2.48. The standard InChI is InChI=1S/C29H47N3O4/c1-9-10-16-30-26(33)25(22-15-14-20(4)21(5)18-22)32(23-12-11-13-23)27(34)24(17-19(2)3)31-28(35)36-29(6,7)8/h14-15,18-19,23-25H,9-13,16-17H2,1-8H3,(H,30,33)(H,31,35). The lowest BCUT2D eigenvalue weighted by Gasteiger charge is -2.44. The van der Waals surface area contributed by atoms with Crippen molar-refractivity contribution >= 4 is 17.9 Å². The summed E-state index contributed by atoms with van der Waals surface area (Å²) in [6.45, 7) is 16.1. The van der Waals surface area contributed by atoms with Gasteiger partial charge in [0, 0.05) is 12.6 Å². The molecule has 1 aliphatic rings. The average Bonchev–Trinajstić information content (AvgIpc) is 2.72. The normalized spacial score (nSPS) is 15.6. The maximum atomic E-state index is 14.2. The maximum absolute atomic E-state index is 14.2. The molecule has 2 N–H and O–H groups in total. The molecule has 0 spiro atoms. The highest BCUT2D eigenvalue weighted by Gasteiger charge is 2.42. The third-order valence-electron chi connectivity index (χ3n) is 6.62. The van der Waals surface area contributed by atoms with Gasteiger partial charge in [-0.25, -0.2) is 4.79 Å². The Hall–Kier alpha value is -2.57. The number of hydrogen-bond donors (Lipinski definition) is 2. The van der Waals surface area contributed by atoms with Gasteiger partial charge >= 0.3 is 6.09 Å². The van der Waals surface area contributed by atoms with Gasteiger partial charge in [0.15, 0.2) is 0 Å². The molecule has 36 heavy (non-hydrogen) atoms. The highest BCUT2D eigenvalue weighted by molar-refractivity contribution is 5.92. The number of hydrogen-bond acceptors (Lipinski definition) is 4.